The molecule has 180 valence electrons. The molecular weight excluding hydrogens is 470 g/mol. The Labute approximate surface area is 200 Å². The molecule has 2 N–H and O–H groups in total. The van der Waals surface area contributed by atoms with Crippen LogP contribution < -0.4 is 24.8 Å². The van der Waals surface area contributed by atoms with Gasteiger partial charge in [-0.05, 0) is 12.1 Å². The number of nitrogens with one attached hydrogen (secondary N) is 2. The fourth-order valence-electron chi connectivity index (χ4n) is 2.95. The predicted octanol–water partition coefficient (Wildman–Crippen LogP) is 4.11. The Balaban J connectivity index is 0.00000408. The maximum absolute atomic E-state index is 12.0. The second-order valence-electron chi connectivity index (χ2n) is 6.39. The van der Waals surface area contributed by atoms with E-state index >= 15 is 0 Å². The van der Waals surface area contributed by atoms with Gasteiger partial charge in [0.15, 0.2) is 11.5 Å². The molecule has 12 nitrogen and oxygen atoms in total. The Hall–Kier alpha value is -4.32. The highest BCUT2D eigenvalue weighted by Gasteiger charge is 2.21. The lowest BCUT2D eigenvalue weighted by atomic mass is 10.2. The number of ether oxygens (including phenoxy) is 4. The van der Waals surface area contributed by atoms with Crippen molar-refractivity contribution in [2.45, 2.75) is 0 Å². The molecule has 1 heterocycles. The average Bonchev–Trinajstić information content (AvgIpc) is 2.83. The maximum atomic E-state index is 12.0. The number of nitro groups is 1. The number of para-hydroxylation sites is 1. The first-order valence-electron chi connectivity index (χ1n) is 9.44. The third kappa shape index (κ3) is 5.53. The zero-order valence-corrected chi connectivity index (χ0v) is 19.5. The van der Waals surface area contributed by atoms with Gasteiger partial charge in [-0.3, -0.25) is 10.1 Å². The monoisotopic (exact) mass is 491 g/mol. The second-order valence-corrected chi connectivity index (χ2v) is 6.39. The summed E-state index contributed by atoms with van der Waals surface area (Å²) in [4.78, 5) is 31.2. The number of nitrogens with zero attached hydrogens (tertiary/aromatic N) is 3. The van der Waals surface area contributed by atoms with Crippen LogP contribution in [0.1, 0.15) is 10.4 Å². The summed E-state index contributed by atoms with van der Waals surface area (Å²) in [7, 11) is 5.68. The minimum absolute atomic E-state index is 0. The van der Waals surface area contributed by atoms with Gasteiger partial charge in [0.1, 0.15) is 6.20 Å². The lowest BCUT2D eigenvalue weighted by Gasteiger charge is -2.15. The van der Waals surface area contributed by atoms with Crippen molar-refractivity contribution in [1.29, 1.82) is 0 Å². The Bertz CT molecular complexity index is 1170. The summed E-state index contributed by atoms with van der Waals surface area (Å²) in [5.41, 5.74) is 0.571. The summed E-state index contributed by atoms with van der Waals surface area (Å²) < 4.78 is 20.7. The van der Waals surface area contributed by atoms with Crippen molar-refractivity contribution in [3.05, 3.63) is 58.3 Å². The number of hydrogen-bond donors (Lipinski definition) is 2. The first kappa shape index (κ1) is 25.9. The normalized spacial score (nSPS) is 9.88. The van der Waals surface area contributed by atoms with Crippen molar-refractivity contribution in [3.63, 3.8) is 0 Å². The summed E-state index contributed by atoms with van der Waals surface area (Å²) in [6, 6.07) is 9.67. The number of methoxy groups -OCH3 is 4. The van der Waals surface area contributed by atoms with Crippen LogP contribution in [0.3, 0.4) is 0 Å². The molecule has 0 unspecified atom stereocenters. The van der Waals surface area contributed by atoms with E-state index in [0.29, 0.717) is 22.9 Å². The van der Waals surface area contributed by atoms with Crippen molar-refractivity contribution in [2.75, 3.05) is 39.1 Å². The third-order valence-electron chi connectivity index (χ3n) is 4.47. The molecule has 0 spiro atoms. The van der Waals surface area contributed by atoms with Gasteiger partial charge < -0.3 is 29.6 Å². The molecule has 34 heavy (non-hydrogen) atoms. The van der Waals surface area contributed by atoms with Crippen LogP contribution in [0.25, 0.3) is 0 Å². The molecule has 3 aromatic rings. The van der Waals surface area contributed by atoms with Crippen LogP contribution in [0.4, 0.5) is 28.8 Å². The fourth-order valence-corrected chi connectivity index (χ4v) is 2.95. The molecular formula is C21H22ClN5O7. The summed E-state index contributed by atoms with van der Waals surface area (Å²) >= 11 is 0. The molecule has 1 aromatic heterocycles. The summed E-state index contributed by atoms with van der Waals surface area (Å²) in [5.74, 6) is 0.509. The highest BCUT2D eigenvalue weighted by atomic mass is 35.5. The van der Waals surface area contributed by atoms with Gasteiger partial charge >= 0.3 is 11.7 Å². The molecule has 2 aromatic carbocycles. The lowest BCUT2D eigenvalue weighted by Crippen LogP contribution is -2.08. The van der Waals surface area contributed by atoms with Gasteiger partial charge in [0.2, 0.25) is 17.5 Å². The Morgan fingerprint density at radius 1 is 1.00 bits per heavy atom. The van der Waals surface area contributed by atoms with E-state index < -0.39 is 10.9 Å². The number of anilines is 4. The van der Waals surface area contributed by atoms with Crippen LogP contribution in [0.5, 0.6) is 17.2 Å². The van der Waals surface area contributed by atoms with E-state index in [1.165, 1.54) is 34.5 Å². The van der Waals surface area contributed by atoms with Crippen LogP contribution in [-0.2, 0) is 4.74 Å². The summed E-state index contributed by atoms with van der Waals surface area (Å²) in [6.07, 6.45) is 1.05. The topological polar surface area (TPSA) is 147 Å². The first-order valence-corrected chi connectivity index (χ1v) is 9.44. The number of benzene rings is 2. The SMILES string of the molecule is COC(=O)c1ccccc1Nc1nc(Nc2cc(OC)c(OC)c(OC)c2)ncc1[N+](=O)[O-].Cl. The number of hydrogen-bond acceptors (Lipinski definition) is 11. The quantitative estimate of drug-likeness (QED) is 0.253. The molecule has 0 bridgehead atoms. The van der Waals surface area contributed by atoms with Gasteiger partial charge in [0.25, 0.3) is 0 Å². The highest BCUT2D eigenvalue weighted by Crippen LogP contribution is 2.40. The smallest absolute Gasteiger partial charge is 0.339 e. The Kier molecular flexibility index (Phi) is 8.79. The van der Waals surface area contributed by atoms with Crippen LogP contribution in [0.15, 0.2) is 42.6 Å². The summed E-state index contributed by atoms with van der Waals surface area (Å²) in [6.45, 7) is 0. The first-order chi connectivity index (χ1) is 15.9. The number of halogens is 1. The number of aromatic nitrogens is 2. The number of carbonyl (C=O) groups excluding carboxylic acids is 1. The zero-order valence-electron chi connectivity index (χ0n) is 18.6. The molecule has 0 amide bonds. The van der Waals surface area contributed by atoms with Crippen molar-refractivity contribution in [3.8, 4) is 17.2 Å². The zero-order chi connectivity index (χ0) is 24.0. The molecule has 3 rings (SSSR count). The fraction of sp³-hybridized carbons (Fsp3) is 0.190. The molecule has 0 aliphatic rings. The van der Waals surface area contributed by atoms with Gasteiger partial charge in [-0.2, -0.15) is 4.98 Å². The lowest BCUT2D eigenvalue weighted by molar-refractivity contribution is -0.384. The molecule has 0 saturated carbocycles. The molecule has 0 saturated heterocycles. The average molecular weight is 492 g/mol. The standard InChI is InChI=1S/C21H21N5O7.ClH/c1-30-16-9-12(10-17(31-2)18(16)32-3)23-21-22-11-15(26(28)29)19(25-21)24-14-8-6-5-7-13(14)20(27)33-4;/h5-11H,1-4H3,(H2,22,23,24,25);1H. The molecule has 0 radical (unpaired) electrons. The Morgan fingerprint density at radius 3 is 2.21 bits per heavy atom. The highest BCUT2D eigenvalue weighted by molar-refractivity contribution is 5.96. The van der Waals surface area contributed by atoms with Crippen LogP contribution >= 0.6 is 12.4 Å². The number of esters is 1. The molecule has 0 atom stereocenters. The van der Waals surface area contributed by atoms with Crippen molar-refractivity contribution in [1.82, 2.24) is 9.97 Å². The van der Waals surface area contributed by atoms with E-state index in [1.54, 1.807) is 30.3 Å². The van der Waals surface area contributed by atoms with E-state index in [9.17, 15) is 14.9 Å². The van der Waals surface area contributed by atoms with Gasteiger partial charge in [-0.1, -0.05) is 12.1 Å². The van der Waals surface area contributed by atoms with E-state index in [1.807, 2.05) is 0 Å². The van der Waals surface area contributed by atoms with E-state index in [4.69, 9.17) is 18.9 Å². The Morgan fingerprint density at radius 2 is 1.65 bits per heavy atom. The van der Waals surface area contributed by atoms with Gasteiger partial charge in [-0.25, -0.2) is 9.78 Å². The van der Waals surface area contributed by atoms with Crippen LogP contribution in [-0.4, -0.2) is 49.3 Å². The largest absolute Gasteiger partial charge is 0.493 e. The van der Waals surface area contributed by atoms with Gasteiger partial charge in [0.05, 0.1) is 44.6 Å². The van der Waals surface area contributed by atoms with Gasteiger partial charge in [0, 0.05) is 17.8 Å². The van der Waals surface area contributed by atoms with E-state index in [0.717, 1.165) is 6.20 Å². The summed E-state index contributed by atoms with van der Waals surface area (Å²) in [5, 5.41) is 17.3. The number of carbonyl (C=O) groups is 1. The van der Waals surface area contributed by atoms with E-state index in [-0.39, 0.29) is 41.1 Å². The minimum atomic E-state index is -0.633. The molecule has 13 heteroatoms. The predicted molar refractivity (Wildman–Crippen MR) is 126 cm³/mol. The van der Waals surface area contributed by atoms with Crippen molar-refractivity contribution in [2.24, 2.45) is 0 Å². The van der Waals surface area contributed by atoms with Gasteiger partial charge in [-0.15, -0.1) is 12.4 Å². The van der Waals surface area contributed by atoms with Crippen LogP contribution in [0.2, 0.25) is 0 Å². The maximum Gasteiger partial charge on any atom is 0.339 e. The van der Waals surface area contributed by atoms with Crippen LogP contribution in [0, 0.1) is 10.1 Å². The molecule has 0 fully saturated rings. The van der Waals surface area contributed by atoms with Crippen molar-refractivity contribution >= 4 is 47.2 Å². The number of rotatable bonds is 9. The second kappa shape index (κ2) is 11.5. The van der Waals surface area contributed by atoms with Crippen molar-refractivity contribution < 1.29 is 28.7 Å². The molecule has 0 aliphatic heterocycles. The van der Waals surface area contributed by atoms with E-state index in [2.05, 4.69) is 20.6 Å². The third-order valence-corrected chi connectivity index (χ3v) is 4.47. The minimum Gasteiger partial charge on any atom is -0.493 e. The molecule has 0 aliphatic carbocycles.